The monoisotopic (exact) mass is 341 g/mol. The van der Waals surface area contributed by atoms with Gasteiger partial charge < -0.3 is 14.4 Å². The zero-order valence-electron chi connectivity index (χ0n) is 14.4. The highest BCUT2D eigenvalue weighted by Gasteiger charge is 2.34. The van der Waals surface area contributed by atoms with Crippen molar-refractivity contribution >= 4 is 11.8 Å². The molecule has 1 saturated heterocycles. The fraction of sp³-hybridized carbons (Fsp3) is 0.444. The summed E-state index contributed by atoms with van der Waals surface area (Å²) in [5.41, 5.74) is 1.05. The molecule has 1 fully saturated rings. The maximum atomic E-state index is 12.9. The van der Waals surface area contributed by atoms with Crippen LogP contribution in [0.5, 0.6) is 0 Å². The number of nitrogens with zero attached hydrogens (tertiary/aromatic N) is 5. The first-order chi connectivity index (χ1) is 12.1. The van der Waals surface area contributed by atoms with Crippen molar-refractivity contribution in [3.05, 3.63) is 48.8 Å². The minimum absolute atomic E-state index is 0.0422. The van der Waals surface area contributed by atoms with Gasteiger partial charge in [-0.05, 0) is 24.1 Å². The molecule has 2 aromatic rings. The molecule has 0 aliphatic carbocycles. The third-order valence-corrected chi connectivity index (χ3v) is 4.53. The van der Waals surface area contributed by atoms with Gasteiger partial charge >= 0.3 is 0 Å². The molecule has 0 bridgehead atoms. The fourth-order valence-electron chi connectivity index (χ4n) is 3.13. The highest BCUT2D eigenvalue weighted by Crippen LogP contribution is 2.20. The van der Waals surface area contributed by atoms with Crippen LogP contribution in [0.25, 0.3) is 0 Å². The van der Waals surface area contributed by atoms with Crippen LogP contribution in [0.2, 0.25) is 0 Å². The van der Waals surface area contributed by atoms with Gasteiger partial charge in [-0.15, -0.1) is 0 Å². The standard InChI is InChI=1S/C18H23N5O2/c1-21-13-16(11-17(21)24)18(25)23(12-15-3-5-19-6-4-15)9-2-8-22-10-7-20-14-22/h3-7,10,14,16H,2,8-9,11-13H2,1H3. The van der Waals surface area contributed by atoms with Crippen LogP contribution >= 0.6 is 0 Å². The molecule has 0 N–H and O–H groups in total. The average molecular weight is 341 g/mol. The normalized spacial score (nSPS) is 17.1. The van der Waals surface area contributed by atoms with Crippen molar-refractivity contribution in [2.45, 2.75) is 25.9 Å². The van der Waals surface area contributed by atoms with Gasteiger partial charge in [0.05, 0.1) is 12.2 Å². The molecular formula is C18H23N5O2. The number of hydrogen-bond acceptors (Lipinski definition) is 4. The fourth-order valence-corrected chi connectivity index (χ4v) is 3.13. The molecular weight excluding hydrogens is 318 g/mol. The molecule has 0 aromatic carbocycles. The summed E-state index contributed by atoms with van der Waals surface area (Å²) >= 11 is 0. The summed E-state index contributed by atoms with van der Waals surface area (Å²) in [5.74, 6) is -0.145. The second-order valence-corrected chi connectivity index (χ2v) is 6.44. The van der Waals surface area contributed by atoms with Crippen LogP contribution in [0, 0.1) is 5.92 Å². The molecule has 25 heavy (non-hydrogen) atoms. The molecule has 2 amide bonds. The lowest BCUT2D eigenvalue weighted by Gasteiger charge is -2.25. The molecule has 3 rings (SSSR count). The lowest BCUT2D eigenvalue weighted by molar-refractivity contribution is -0.136. The van der Waals surface area contributed by atoms with Gasteiger partial charge in [0.2, 0.25) is 11.8 Å². The van der Waals surface area contributed by atoms with E-state index >= 15 is 0 Å². The van der Waals surface area contributed by atoms with E-state index in [0.29, 0.717) is 26.1 Å². The average Bonchev–Trinajstić information content (AvgIpc) is 3.25. The Morgan fingerprint density at radius 2 is 2.08 bits per heavy atom. The van der Waals surface area contributed by atoms with Crippen molar-refractivity contribution in [2.24, 2.45) is 5.92 Å². The Kier molecular flexibility index (Phi) is 5.42. The van der Waals surface area contributed by atoms with Crippen LogP contribution in [-0.4, -0.2) is 56.3 Å². The molecule has 0 spiro atoms. The first kappa shape index (κ1) is 17.1. The van der Waals surface area contributed by atoms with Crippen molar-refractivity contribution in [3.8, 4) is 0 Å². The molecule has 7 nitrogen and oxygen atoms in total. The largest absolute Gasteiger partial charge is 0.345 e. The van der Waals surface area contributed by atoms with Crippen LogP contribution in [0.1, 0.15) is 18.4 Å². The molecule has 132 valence electrons. The summed E-state index contributed by atoms with van der Waals surface area (Å²) in [7, 11) is 1.75. The van der Waals surface area contributed by atoms with Crippen LogP contribution < -0.4 is 0 Å². The van der Waals surface area contributed by atoms with Crippen LogP contribution in [0.4, 0.5) is 0 Å². The van der Waals surface area contributed by atoms with E-state index in [0.717, 1.165) is 18.5 Å². The lowest BCUT2D eigenvalue weighted by atomic mass is 10.1. The van der Waals surface area contributed by atoms with E-state index in [1.807, 2.05) is 27.8 Å². The Balaban J connectivity index is 1.64. The van der Waals surface area contributed by atoms with Crippen molar-refractivity contribution in [3.63, 3.8) is 0 Å². The number of aryl methyl sites for hydroxylation is 1. The van der Waals surface area contributed by atoms with Crippen molar-refractivity contribution in [1.82, 2.24) is 24.3 Å². The lowest BCUT2D eigenvalue weighted by Crippen LogP contribution is -2.37. The summed E-state index contributed by atoms with van der Waals surface area (Å²) in [6.45, 7) is 2.50. The summed E-state index contributed by atoms with van der Waals surface area (Å²) in [6, 6.07) is 3.84. The summed E-state index contributed by atoms with van der Waals surface area (Å²) in [5, 5.41) is 0. The molecule has 3 heterocycles. The van der Waals surface area contributed by atoms with E-state index in [2.05, 4.69) is 9.97 Å². The highest BCUT2D eigenvalue weighted by atomic mass is 16.2. The molecule has 1 unspecified atom stereocenters. The summed E-state index contributed by atoms with van der Waals surface area (Å²) in [4.78, 5) is 36.3. The van der Waals surface area contributed by atoms with Crippen LogP contribution in [0.3, 0.4) is 0 Å². The Bertz CT molecular complexity index is 702. The van der Waals surface area contributed by atoms with E-state index in [4.69, 9.17) is 0 Å². The zero-order chi connectivity index (χ0) is 17.6. The minimum atomic E-state index is -0.243. The minimum Gasteiger partial charge on any atom is -0.345 e. The van der Waals surface area contributed by atoms with E-state index in [9.17, 15) is 9.59 Å². The number of imidazole rings is 1. The maximum Gasteiger partial charge on any atom is 0.228 e. The van der Waals surface area contributed by atoms with Crippen molar-refractivity contribution < 1.29 is 9.59 Å². The Labute approximate surface area is 147 Å². The quantitative estimate of drug-likeness (QED) is 0.758. The number of carbonyl (C=O) groups is 2. The molecule has 1 aliphatic heterocycles. The molecule has 2 aromatic heterocycles. The molecule has 1 atom stereocenters. The third-order valence-electron chi connectivity index (χ3n) is 4.53. The number of hydrogen-bond donors (Lipinski definition) is 0. The van der Waals surface area contributed by atoms with Crippen molar-refractivity contribution in [2.75, 3.05) is 20.1 Å². The first-order valence-electron chi connectivity index (χ1n) is 8.51. The predicted octanol–water partition coefficient (Wildman–Crippen LogP) is 1.18. The molecule has 7 heteroatoms. The Hall–Kier alpha value is -2.70. The van der Waals surface area contributed by atoms with Gasteiger partial charge in [-0.2, -0.15) is 0 Å². The van der Waals surface area contributed by atoms with Gasteiger partial charge in [-0.3, -0.25) is 14.6 Å². The van der Waals surface area contributed by atoms with Gasteiger partial charge in [0.1, 0.15) is 0 Å². The Morgan fingerprint density at radius 3 is 2.72 bits per heavy atom. The maximum absolute atomic E-state index is 12.9. The summed E-state index contributed by atoms with van der Waals surface area (Å²) in [6.07, 6.45) is 10.1. The van der Waals surface area contributed by atoms with Gasteiger partial charge in [0, 0.05) is 64.4 Å². The number of carbonyl (C=O) groups excluding carboxylic acids is 2. The summed E-state index contributed by atoms with van der Waals surface area (Å²) < 4.78 is 2.00. The van der Waals surface area contributed by atoms with Crippen LogP contribution in [0.15, 0.2) is 43.2 Å². The first-order valence-corrected chi connectivity index (χ1v) is 8.51. The van der Waals surface area contributed by atoms with E-state index in [1.165, 1.54) is 0 Å². The van der Waals surface area contributed by atoms with Crippen LogP contribution in [-0.2, 0) is 22.7 Å². The molecule has 0 radical (unpaired) electrons. The SMILES string of the molecule is CN1CC(C(=O)N(CCCn2ccnc2)Cc2ccncc2)CC1=O. The van der Waals surface area contributed by atoms with Gasteiger partial charge in [0.25, 0.3) is 0 Å². The third kappa shape index (κ3) is 4.43. The van der Waals surface area contributed by atoms with E-state index in [1.54, 1.807) is 36.9 Å². The highest BCUT2D eigenvalue weighted by molar-refractivity contribution is 5.89. The smallest absolute Gasteiger partial charge is 0.228 e. The van der Waals surface area contributed by atoms with Gasteiger partial charge in [0.15, 0.2) is 0 Å². The number of rotatable bonds is 7. The van der Waals surface area contributed by atoms with E-state index in [-0.39, 0.29) is 17.7 Å². The zero-order valence-corrected chi connectivity index (χ0v) is 14.4. The number of amides is 2. The number of aromatic nitrogens is 3. The Morgan fingerprint density at radius 1 is 1.28 bits per heavy atom. The number of likely N-dealkylation sites (tertiary alicyclic amines) is 1. The van der Waals surface area contributed by atoms with Crippen molar-refractivity contribution in [1.29, 1.82) is 0 Å². The predicted molar refractivity (Wildman–Crippen MR) is 92.2 cm³/mol. The topological polar surface area (TPSA) is 71.3 Å². The second kappa shape index (κ2) is 7.92. The molecule has 0 saturated carbocycles. The van der Waals surface area contributed by atoms with Gasteiger partial charge in [-0.25, -0.2) is 4.98 Å². The van der Waals surface area contributed by atoms with E-state index < -0.39 is 0 Å². The molecule has 1 aliphatic rings. The number of pyridine rings is 1. The van der Waals surface area contributed by atoms with Gasteiger partial charge in [-0.1, -0.05) is 0 Å². The second-order valence-electron chi connectivity index (χ2n) is 6.44.